The van der Waals surface area contributed by atoms with Gasteiger partial charge < -0.3 is 15.8 Å². The molecule has 3 nitrogen and oxygen atoms in total. The van der Waals surface area contributed by atoms with Crippen LogP contribution >= 0.6 is 0 Å². The summed E-state index contributed by atoms with van der Waals surface area (Å²) < 4.78 is 5.59. The summed E-state index contributed by atoms with van der Waals surface area (Å²) in [4.78, 5) is 0. The molecule has 0 saturated heterocycles. The zero-order valence-corrected chi connectivity index (χ0v) is 10.7. The maximum atomic E-state index is 5.96. The van der Waals surface area contributed by atoms with E-state index in [0.717, 1.165) is 25.8 Å². The van der Waals surface area contributed by atoms with Crippen LogP contribution in [0.1, 0.15) is 39.0 Å². The topological polar surface area (TPSA) is 47.3 Å². The van der Waals surface area contributed by atoms with Gasteiger partial charge in [-0.05, 0) is 32.7 Å². The van der Waals surface area contributed by atoms with Crippen molar-refractivity contribution < 1.29 is 4.74 Å². The second-order valence-electron chi connectivity index (χ2n) is 4.61. The van der Waals surface area contributed by atoms with Crippen molar-refractivity contribution in [3.8, 4) is 0 Å². The van der Waals surface area contributed by atoms with Crippen molar-refractivity contribution in [2.45, 2.75) is 50.7 Å². The van der Waals surface area contributed by atoms with E-state index in [-0.39, 0.29) is 11.6 Å². The minimum atomic E-state index is 0.00851. The number of nitrogens with one attached hydrogen (secondary N) is 1. The Hall–Kier alpha value is -0.380. The first kappa shape index (κ1) is 13.7. The van der Waals surface area contributed by atoms with E-state index in [9.17, 15) is 0 Å². The molecule has 2 atom stereocenters. The number of nitrogens with two attached hydrogens (primary N) is 1. The predicted octanol–water partition coefficient (Wildman–Crippen LogP) is 1.83. The van der Waals surface area contributed by atoms with E-state index in [2.05, 4.69) is 24.4 Å². The van der Waals surface area contributed by atoms with Crippen LogP contribution in [0, 0.1) is 0 Å². The predicted molar refractivity (Wildman–Crippen MR) is 68.5 cm³/mol. The molecule has 0 spiro atoms. The van der Waals surface area contributed by atoms with Gasteiger partial charge in [0.15, 0.2) is 0 Å². The highest BCUT2D eigenvalue weighted by Crippen LogP contribution is 2.29. The van der Waals surface area contributed by atoms with E-state index in [1.165, 1.54) is 12.8 Å². The van der Waals surface area contributed by atoms with E-state index in [1.807, 2.05) is 0 Å². The van der Waals surface area contributed by atoms with Crippen LogP contribution in [-0.2, 0) is 4.74 Å². The van der Waals surface area contributed by atoms with Crippen LogP contribution in [0.5, 0.6) is 0 Å². The van der Waals surface area contributed by atoms with Gasteiger partial charge in [0.1, 0.15) is 0 Å². The highest BCUT2D eigenvalue weighted by molar-refractivity contribution is 4.99. The number of allylic oxidation sites excluding steroid dienone is 1. The Morgan fingerprint density at radius 3 is 2.94 bits per heavy atom. The highest BCUT2D eigenvalue weighted by atomic mass is 16.5. The number of hydrogen-bond acceptors (Lipinski definition) is 3. The van der Waals surface area contributed by atoms with Crippen molar-refractivity contribution in [1.29, 1.82) is 0 Å². The largest absolute Gasteiger partial charge is 0.379 e. The zero-order chi connectivity index (χ0) is 11.9. The van der Waals surface area contributed by atoms with Gasteiger partial charge in [-0.2, -0.15) is 0 Å². The Morgan fingerprint density at radius 1 is 1.50 bits per heavy atom. The van der Waals surface area contributed by atoms with Crippen LogP contribution in [0.4, 0.5) is 0 Å². The number of hydrogen-bond donors (Lipinski definition) is 2. The Kier molecular flexibility index (Phi) is 6.03. The summed E-state index contributed by atoms with van der Waals surface area (Å²) >= 11 is 0. The summed E-state index contributed by atoms with van der Waals surface area (Å²) in [5.41, 5.74) is 5.97. The molecule has 1 saturated carbocycles. The molecule has 0 bridgehead atoms. The SMILES string of the molecule is C/C=C/CCNC1(CN)CCCCC1OC. The monoisotopic (exact) mass is 226 g/mol. The normalized spacial score (nSPS) is 31.1. The lowest BCUT2D eigenvalue weighted by atomic mass is 9.79. The first-order valence-corrected chi connectivity index (χ1v) is 6.38. The third-order valence-corrected chi connectivity index (χ3v) is 3.63. The lowest BCUT2D eigenvalue weighted by molar-refractivity contribution is -0.00806. The van der Waals surface area contributed by atoms with Crippen molar-refractivity contribution in [3.63, 3.8) is 0 Å². The van der Waals surface area contributed by atoms with Gasteiger partial charge in [0, 0.05) is 13.7 Å². The lowest BCUT2D eigenvalue weighted by Gasteiger charge is -2.43. The summed E-state index contributed by atoms with van der Waals surface area (Å²) in [5, 5.41) is 3.62. The van der Waals surface area contributed by atoms with E-state index >= 15 is 0 Å². The van der Waals surface area contributed by atoms with Crippen LogP contribution in [0.15, 0.2) is 12.2 Å². The van der Waals surface area contributed by atoms with Crippen molar-refractivity contribution >= 4 is 0 Å². The maximum Gasteiger partial charge on any atom is 0.0765 e. The second-order valence-corrected chi connectivity index (χ2v) is 4.61. The molecule has 0 aromatic rings. The number of rotatable bonds is 6. The Labute approximate surface area is 99.4 Å². The highest BCUT2D eigenvalue weighted by Gasteiger charge is 2.39. The standard InChI is InChI=1S/C13H26N2O/c1-3-4-7-10-15-13(11-14)9-6-5-8-12(13)16-2/h3-4,12,15H,5-11,14H2,1-2H3/b4-3+. The smallest absolute Gasteiger partial charge is 0.0765 e. The van der Waals surface area contributed by atoms with Gasteiger partial charge in [-0.15, -0.1) is 0 Å². The minimum Gasteiger partial charge on any atom is -0.379 e. The van der Waals surface area contributed by atoms with E-state index in [0.29, 0.717) is 6.54 Å². The van der Waals surface area contributed by atoms with Crippen molar-refractivity contribution in [2.75, 3.05) is 20.2 Å². The molecular weight excluding hydrogens is 200 g/mol. The van der Waals surface area contributed by atoms with Gasteiger partial charge in [-0.25, -0.2) is 0 Å². The van der Waals surface area contributed by atoms with Crippen LogP contribution in [-0.4, -0.2) is 31.8 Å². The van der Waals surface area contributed by atoms with Crippen molar-refractivity contribution in [1.82, 2.24) is 5.32 Å². The minimum absolute atomic E-state index is 0.00851. The van der Waals surface area contributed by atoms with Crippen LogP contribution < -0.4 is 11.1 Å². The van der Waals surface area contributed by atoms with E-state index < -0.39 is 0 Å². The maximum absolute atomic E-state index is 5.96. The molecule has 0 aliphatic heterocycles. The summed E-state index contributed by atoms with van der Waals surface area (Å²) in [6.45, 7) is 3.71. The number of methoxy groups -OCH3 is 1. The third-order valence-electron chi connectivity index (χ3n) is 3.63. The van der Waals surface area contributed by atoms with Crippen molar-refractivity contribution in [3.05, 3.63) is 12.2 Å². The Morgan fingerprint density at radius 2 is 2.31 bits per heavy atom. The van der Waals surface area contributed by atoms with E-state index in [4.69, 9.17) is 10.5 Å². The molecule has 16 heavy (non-hydrogen) atoms. The van der Waals surface area contributed by atoms with Gasteiger partial charge in [0.25, 0.3) is 0 Å². The fourth-order valence-electron chi connectivity index (χ4n) is 2.63. The Balaban J connectivity index is 2.51. The van der Waals surface area contributed by atoms with E-state index in [1.54, 1.807) is 7.11 Å². The molecule has 0 heterocycles. The zero-order valence-electron chi connectivity index (χ0n) is 10.7. The molecule has 3 N–H and O–H groups in total. The molecule has 0 aromatic heterocycles. The molecule has 1 aliphatic rings. The number of ether oxygens (including phenoxy) is 1. The van der Waals surface area contributed by atoms with Crippen LogP contribution in [0.2, 0.25) is 0 Å². The molecule has 3 heteroatoms. The lowest BCUT2D eigenvalue weighted by Crippen LogP contribution is -2.61. The second kappa shape index (κ2) is 7.05. The molecular formula is C13H26N2O. The van der Waals surface area contributed by atoms with Crippen molar-refractivity contribution in [2.24, 2.45) is 5.73 Å². The molecule has 0 radical (unpaired) electrons. The van der Waals surface area contributed by atoms with Crippen LogP contribution in [0.3, 0.4) is 0 Å². The molecule has 0 amide bonds. The molecule has 0 aromatic carbocycles. The average Bonchev–Trinajstić information content (AvgIpc) is 2.35. The van der Waals surface area contributed by atoms with Gasteiger partial charge in [-0.1, -0.05) is 25.0 Å². The molecule has 94 valence electrons. The summed E-state index contributed by atoms with van der Waals surface area (Å²) in [7, 11) is 1.80. The first-order chi connectivity index (χ1) is 7.79. The molecule has 1 rings (SSSR count). The van der Waals surface area contributed by atoms with Gasteiger partial charge in [-0.3, -0.25) is 0 Å². The fourth-order valence-corrected chi connectivity index (χ4v) is 2.63. The first-order valence-electron chi connectivity index (χ1n) is 6.38. The summed E-state index contributed by atoms with van der Waals surface area (Å²) in [6.07, 6.45) is 10.4. The molecule has 1 fully saturated rings. The van der Waals surface area contributed by atoms with Crippen LogP contribution in [0.25, 0.3) is 0 Å². The average molecular weight is 226 g/mol. The molecule has 1 aliphatic carbocycles. The molecule has 2 unspecified atom stereocenters. The third kappa shape index (κ3) is 3.30. The van der Waals surface area contributed by atoms with Gasteiger partial charge in [0.2, 0.25) is 0 Å². The summed E-state index contributed by atoms with van der Waals surface area (Å²) in [5.74, 6) is 0. The quantitative estimate of drug-likeness (QED) is 0.536. The van der Waals surface area contributed by atoms with Gasteiger partial charge >= 0.3 is 0 Å². The Bertz CT molecular complexity index is 218. The fraction of sp³-hybridized carbons (Fsp3) is 0.846. The van der Waals surface area contributed by atoms with Gasteiger partial charge in [0.05, 0.1) is 11.6 Å². The summed E-state index contributed by atoms with van der Waals surface area (Å²) in [6, 6.07) is 0.